The van der Waals surface area contributed by atoms with Gasteiger partial charge in [0.2, 0.25) is 5.88 Å². The Bertz CT molecular complexity index is 241. The number of aromatic nitrogens is 2. The number of methoxy groups -OCH3 is 1. The van der Waals surface area contributed by atoms with Crippen LogP contribution < -0.4 is 4.74 Å². The zero-order chi connectivity index (χ0) is 10.4. The summed E-state index contributed by atoms with van der Waals surface area (Å²) in [6, 6.07) is 0.360. The molecule has 0 amide bonds. The third kappa shape index (κ3) is 2.76. The minimum atomic E-state index is 0.360. The second kappa shape index (κ2) is 5.62. The minimum Gasteiger partial charge on any atom is -0.481 e. The molecular formula is C10H20N2O. The highest BCUT2D eigenvalue weighted by Crippen LogP contribution is 2.19. The molecule has 1 heterocycles. The zero-order valence-corrected chi connectivity index (χ0v) is 9.46. The molecule has 0 aliphatic heterocycles. The van der Waals surface area contributed by atoms with Gasteiger partial charge in [-0.05, 0) is 20.8 Å². The molecule has 0 aliphatic carbocycles. The van der Waals surface area contributed by atoms with Crippen LogP contribution in [-0.2, 0) is 0 Å². The third-order valence-electron chi connectivity index (χ3n) is 1.60. The summed E-state index contributed by atoms with van der Waals surface area (Å²) in [7, 11) is 1.67. The van der Waals surface area contributed by atoms with E-state index < -0.39 is 0 Å². The molecule has 3 heteroatoms. The van der Waals surface area contributed by atoms with Crippen LogP contribution in [0, 0.1) is 6.92 Å². The Morgan fingerprint density at radius 3 is 2.23 bits per heavy atom. The summed E-state index contributed by atoms with van der Waals surface area (Å²) in [4.78, 5) is 0. The van der Waals surface area contributed by atoms with Crippen LogP contribution in [-0.4, -0.2) is 16.9 Å². The van der Waals surface area contributed by atoms with Gasteiger partial charge in [0.15, 0.2) is 0 Å². The number of ether oxygens (including phenoxy) is 1. The Balaban J connectivity index is 0.000000671. The Labute approximate surface area is 80.7 Å². The van der Waals surface area contributed by atoms with E-state index in [1.54, 1.807) is 7.11 Å². The predicted molar refractivity (Wildman–Crippen MR) is 55.2 cm³/mol. The molecule has 0 fully saturated rings. The maximum Gasteiger partial charge on any atom is 0.214 e. The SMILES string of the molecule is CC.COc1c(C)cnn1C(C)C. The van der Waals surface area contributed by atoms with Gasteiger partial charge in [-0.15, -0.1) is 0 Å². The predicted octanol–water partition coefficient (Wildman–Crippen LogP) is 2.81. The van der Waals surface area contributed by atoms with Crippen LogP contribution in [0.5, 0.6) is 5.88 Å². The Morgan fingerprint density at radius 1 is 1.38 bits per heavy atom. The first-order valence-corrected chi connectivity index (χ1v) is 4.75. The summed E-state index contributed by atoms with van der Waals surface area (Å²) in [5.41, 5.74) is 1.08. The van der Waals surface area contributed by atoms with E-state index in [1.165, 1.54) is 0 Å². The van der Waals surface area contributed by atoms with Gasteiger partial charge in [-0.1, -0.05) is 13.8 Å². The zero-order valence-electron chi connectivity index (χ0n) is 9.46. The maximum atomic E-state index is 5.18. The average Bonchev–Trinajstić information content (AvgIpc) is 2.50. The van der Waals surface area contributed by atoms with Crippen LogP contribution >= 0.6 is 0 Å². The molecule has 0 N–H and O–H groups in total. The molecule has 1 aromatic rings. The highest BCUT2D eigenvalue weighted by molar-refractivity contribution is 5.22. The Kier molecular flexibility index (Phi) is 5.19. The number of hydrogen-bond donors (Lipinski definition) is 0. The lowest BCUT2D eigenvalue weighted by Crippen LogP contribution is -2.04. The molecule has 0 saturated heterocycles. The molecule has 0 bridgehead atoms. The summed E-state index contributed by atoms with van der Waals surface area (Å²) < 4.78 is 7.05. The normalized spacial score (nSPS) is 9.46. The van der Waals surface area contributed by atoms with E-state index in [1.807, 2.05) is 31.6 Å². The Morgan fingerprint density at radius 2 is 1.92 bits per heavy atom. The van der Waals surface area contributed by atoms with Crippen molar-refractivity contribution >= 4 is 0 Å². The Hall–Kier alpha value is -0.990. The van der Waals surface area contributed by atoms with Gasteiger partial charge in [-0.2, -0.15) is 5.10 Å². The largest absolute Gasteiger partial charge is 0.481 e. The lowest BCUT2D eigenvalue weighted by atomic mass is 10.4. The molecule has 0 radical (unpaired) electrons. The summed E-state index contributed by atoms with van der Waals surface area (Å²) in [6.07, 6.45) is 1.82. The van der Waals surface area contributed by atoms with E-state index in [0.717, 1.165) is 11.4 Å². The van der Waals surface area contributed by atoms with Crippen molar-refractivity contribution in [2.45, 2.75) is 40.7 Å². The van der Waals surface area contributed by atoms with Crippen molar-refractivity contribution < 1.29 is 4.74 Å². The van der Waals surface area contributed by atoms with Crippen molar-refractivity contribution in [1.82, 2.24) is 9.78 Å². The number of nitrogens with zero attached hydrogens (tertiary/aromatic N) is 2. The van der Waals surface area contributed by atoms with E-state index in [0.29, 0.717) is 6.04 Å². The smallest absolute Gasteiger partial charge is 0.214 e. The molecule has 1 aromatic heterocycles. The summed E-state index contributed by atoms with van der Waals surface area (Å²) >= 11 is 0. The fourth-order valence-electron chi connectivity index (χ4n) is 1.06. The van der Waals surface area contributed by atoms with Gasteiger partial charge in [-0.3, -0.25) is 0 Å². The molecule has 3 nitrogen and oxygen atoms in total. The van der Waals surface area contributed by atoms with E-state index in [-0.39, 0.29) is 0 Å². The fraction of sp³-hybridized carbons (Fsp3) is 0.700. The van der Waals surface area contributed by atoms with Gasteiger partial charge in [0.25, 0.3) is 0 Å². The van der Waals surface area contributed by atoms with Gasteiger partial charge >= 0.3 is 0 Å². The monoisotopic (exact) mass is 184 g/mol. The molecule has 0 saturated carbocycles. The first-order valence-electron chi connectivity index (χ1n) is 4.75. The highest BCUT2D eigenvalue weighted by atomic mass is 16.5. The minimum absolute atomic E-state index is 0.360. The van der Waals surface area contributed by atoms with Crippen molar-refractivity contribution in [2.75, 3.05) is 7.11 Å². The molecule has 0 aromatic carbocycles. The standard InChI is InChI=1S/C8H14N2O.C2H6/c1-6(2)10-8(11-4)7(3)5-9-10;1-2/h5-6H,1-4H3;1-2H3. The van der Waals surface area contributed by atoms with Gasteiger partial charge in [-0.25, -0.2) is 4.68 Å². The van der Waals surface area contributed by atoms with Gasteiger partial charge in [0.1, 0.15) is 0 Å². The van der Waals surface area contributed by atoms with Gasteiger partial charge < -0.3 is 4.74 Å². The summed E-state index contributed by atoms with van der Waals surface area (Å²) in [5.74, 6) is 0.861. The first kappa shape index (κ1) is 12.0. The molecule has 0 aliphatic rings. The molecule has 76 valence electrons. The lowest BCUT2D eigenvalue weighted by molar-refractivity contribution is 0.343. The summed E-state index contributed by atoms with van der Waals surface area (Å²) in [6.45, 7) is 10.1. The van der Waals surface area contributed by atoms with Gasteiger partial charge in [0.05, 0.1) is 19.3 Å². The number of hydrogen-bond acceptors (Lipinski definition) is 2. The van der Waals surface area contributed by atoms with E-state index in [4.69, 9.17) is 4.74 Å². The van der Waals surface area contributed by atoms with Crippen molar-refractivity contribution in [3.8, 4) is 5.88 Å². The lowest BCUT2D eigenvalue weighted by Gasteiger charge is -2.09. The molecule has 0 spiro atoms. The van der Waals surface area contributed by atoms with E-state index in [2.05, 4.69) is 18.9 Å². The topological polar surface area (TPSA) is 27.1 Å². The second-order valence-electron chi connectivity index (χ2n) is 2.88. The third-order valence-corrected chi connectivity index (χ3v) is 1.60. The van der Waals surface area contributed by atoms with Crippen LogP contribution in [0.4, 0.5) is 0 Å². The van der Waals surface area contributed by atoms with Gasteiger partial charge in [0, 0.05) is 5.56 Å². The quantitative estimate of drug-likeness (QED) is 0.706. The van der Waals surface area contributed by atoms with Crippen molar-refractivity contribution in [2.24, 2.45) is 0 Å². The van der Waals surface area contributed by atoms with Crippen molar-refractivity contribution in [3.63, 3.8) is 0 Å². The van der Waals surface area contributed by atoms with Crippen LogP contribution in [0.3, 0.4) is 0 Å². The fourth-order valence-corrected chi connectivity index (χ4v) is 1.06. The van der Waals surface area contributed by atoms with E-state index in [9.17, 15) is 0 Å². The van der Waals surface area contributed by atoms with Crippen LogP contribution in [0.2, 0.25) is 0 Å². The molecule has 0 unspecified atom stereocenters. The number of rotatable bonds is 2. The highest BCUT2D eigenvalue weighted by Gasteiger charge is 2.08. The maximum absolute atomic E-state index is 5.18. The van der Waals surface area contributed by atoms with Crippen LogP contribution in [0.25, 0.3) is 0 Å². The molecular weight excluding hydrogens is 164 g/mol. The average molecular weight is 184 g/mol. The molecule has 13 heavy (non-hydrogen) atoms. The van der Waals surface area contributed by atoms with Crippen LogP contribution in [0.1, 0.15) is 39.3 Å². The van der Waals surface area contributed by atoms with E-state index >= 15 is 0 Å². The van der Waals surface area contributed by atoms with Crippen molar-refractivity contribution in [3.05, 3.63) is 11.8 Å². The van der Waals surface area contributed by atoms with Crippen LogP contribution in [0.15, 0.2) is 6.20 Å². The molecule has 0 atom stereocenters. The molecule has 1 rings (SSSR count). The van der Waals surface area contributed by atoms with Crippen molar-refractivity contribution in [1.29, 1.82) is 0 Å². The summed E-state index contributed by atoms with van der Waals surface area (Å²) in [5, 5.41) is 4.18. The first-order chi connectivity index (χ1) is 6.16. The second-order valence-corrected chi connectivity index (χ2v) is 2.88. The number of aryl methyl sites for hydroxylation is 1.